The lowest BCUT2D eigenvalue weighted by Gasteiger charge is -2.15. The number of aryl methyl sites for hydroxylation is 3. The van der Waals surface area contributed by atoms with Crippen LogP contribution in [0, 0.1) is 60.1 Å². The van der Waals surface area contributed by atoms with Crippen LogP contribution in [0.4, 0.5) is 35.3 Å². The van der Waals surface area contributed by atoms with Crippen LogP contribution in [0.5, 0.6) is 0 Å². The molecule has 0 aliphatic carbocycles. The zero-order valence-corrected chi connectivity index (χ0v) is 50.9. The van der Waals surface area contributed by atoms with E-state index in [0.29, 0.717) is 35.2 Å². The number of rotatable bonds is 9. The maximum Gasteiger partial charge on any atom is 0.221 e. The van der Waals surface area contributed by atoms with Crippen LogP contribution in [0.15, 0.2) is 84.4 Å². The fourth-order valence-electron chi connectivity index (χ4n) is 6.06. The smallest absolute Gasteiger partial charge is 0.221 e. The third kappa shape index (κ3) is 19.2. The second kappa shape index (κ2) is 27.0. The van der Waals surface area contributed by atoms with Crippen LogP contribution >= 0.6 is 57.9 Å². The number of halogens is 1. The fraction of sp³-hybridized carbons (Fsp3) is 0.333. The summed E-state index contributed by atoms with van der Waals surface area (Å²) < 4.78 is 1.24. The van der Waals surface area contributed by atoms with Gasteiger partial charge in [-0.1, -0.05) is 146 Å². The first kappa shape index (κ1) is 60.9. The Hall–Kier alpha value is -5.41. The van der Waals surface area contributed by atoms with Gasteiger partial charge in [0.1, 0.15) is 33.6 Å². The molecule has 0 aliphatic rings. The van der Waals surface area contributed by atoms with E-state index >= 15 is 0 Å². The number of aromatic nitrogens is 6. The van der Waals surface area contributed by atoms with Gasteiger partial charge < -0.3 is 34.4 Å². The van der Waals surface area contributed by atoms with Gasteiger partial charge in [-0.15, -0.1) is 23.9 Å². The first-order chi connectivity index (χ1) is 33.4. The van der Waals surface area contributed by atoms with Crippen LogP contribution < -0.4 is 34.4 Å². The average Bonchev–Trinajstić information content (AvgIpc) is 3.27. The van der Waals surface area contributed by atoms with E-state index in [1.54, 1.807) is 42.1 Å². The number of nitrogens with zero attached hydrogens (tertiary/aromatic N) is 6. The van der Waals surface area contributed by atoms with Gasteiger partial charge in [-0.05, 0) is 113 Å². The molecule has 6 aromatic rings. The second-order valence-corrected chi connectivity index (χ2v) is 33.7. The predicted octanol–water partition coefficient (Wildman–Crippen LogP) is 13.0. The molecule has 0 radical (unpaired) electrons. The van der Waals surface area contributed by atoms with Crippen LogP contribution in [0.1, 0.15) is 104 Å². The van der Waals surface area contributed by atoms with Crippen molar-refractivity contribution in [3.63, 3.8) is 0 Å². The van der Waals surface area contributed by atoms with Gasteiger partial charge in [-0.2, -0.15) is 15.0 Å². The van der Waals surface area contributed by atoms with Gasteiger partial charge in [-0.25, -0.2) is 15.0 Å². The molecule has 0 atom stereocenters. The molecule has 12 N–H and O–H groups in total. The van der Waals surface area contributed by atoms with Gasteiger partial charge >= 0.3 is 0 Å². The third-order valence-corrected chi connectivity index (χ3v) is 16.3. The molecule has 0 saturated heterocycles. The lowest BCUT2D eigenvalue weighted by atomic mass is 9.98. The molecule has 3 heterocycles. The Morgan fingerprint density at radius 2 is 0.806 bits per heavy atom. The quantitative estimate of drug-likeness (QED) is 0.0449. The van der Waals surface area contributed by atoms with Crippen LogP contribution in [0.3, 0.4) is 0 Å². The highest BCUT2D eigenvalue weighted by molar-refractivity contribution is 14.1. The summed E-state index contributed by atoms with van der Waals surface area (Å²) in [5.74, 6) is 9.11. The van der Waals surface area contributed by atoms with Crippen molar-refractivity contribution >= 4 is 109 Å². The Bertz CT molecular complexity index is 3020. The zero-order valence-electron chi connectivity index (χ0n) is 44.3. The number of benzene rings is 3. The summed E-state index contributed by atoms with van der Waals surface area (Å²) in [7, 11) is -2.53. The highest BCUT2D eigenvalue weighted by atomic mass is 127. The molecule has 0 fully saturated rings. The monoisotopic (exact) mass is 1170 g/mol. The number of anilines is 6. The minimum atomic E-state index is -1.43. The highest BCUT2D eigenvalue weighted by Crippen LogP contribution is 2.40. The Morgan fingerprint density at radius 1 is 0.486 bits per heavy atom. The van der Waals surface area contributed by atoms with Crippen molar-refractivity contribution in [2.24, 2.45) is 0 Å². The van der Waals surface area contributed by atoms with Gasteiger partial charge in [0.2, 0.25) is 17.8 Å². The van der Waals surface area contributed by atoms with Crippen molar-refractivity contribution in [1.29, 1.82) is 0 Å². The lowest BCUT2D eigenvalue weighted by molar-refractivity contribution is 0.839. The molecule has 3 aromatic carbocycles. The van der Waals surface area contributed by atoms with E-state index in [4.69, 9.17) is 47.2 Å². The topological polar surface area (TPSA) is 233 Å². The van der Waals surface area contributed by atoms with Gasteiger partial charge in [-0.3, -0.25) is 0 Å². The minimum absolute atomic E-state index is 0.175. The van der Waals surface area contributed by atoms with Gasteiger partial charge in [0.05, 0.1) is 14.7 Å². The lowest BCUT2D eigenvalue weighted by Crippen LogP contribution is -2.16. The van der Waals surface area contributed by atoms with Gasteiger partial charge in [0.25, 0.3) is 0 Å². The van der Waals surface area contributed by atoms with Crippen LogP contribution in [-0.4, -0.2) is 46.1 Å². The fourth-order valence-corrected chi connectivity index (χ4v) is 10.5. The predicted molar refractivity (Wildman–Crippen MR) is 324 cm³/mol. The molecule has 6 rings (SSSR count). The van der Waals surface area contributed by atoms with Gasteiger partial charge in [0.15, 0.2) is 0 Å². The van der Waals surface area contributed by atoms with Crippen molar-refractivity contribution in [2.45, 2.75) is 149 Å². The molecule has 0 unspecified atom stereocenters. The van der Waals surface area contributed by atoms with Crippen molar-refractivity contribution < 1.29 is 0 Å². The minimum Gasteiger partial charge on any atom is -0.383 e. The van der Waals surface area contributed by atoms with Crippen molar-refractivity contribution in [3.05, 3.63) is 103 Å². The van der Waals surface area contributed by atoms with Crippen molar-refractivity contribution in [3.8, 4) is 35.8 Å². The summed E-state index contributed by atoms with van der Waals surface area (Å²) in [4.78, 5) is 29.9. The van der Waals surface area contributed by atoms with Crippen LogP contribution in [0.2, 0.25) is 39.3 Å². The summed E-state index contributed by atoms with van der Waals surface area (Å²) in [6.07, 6.45) is 15.7. The molecule has 72 heavy (non-hydrogen) atoms. The summed E-state index contributed by atoms with van der Waals surface area (Å²) in [6, 6.07) is 13.0. The molecule has 0 amide bonds. The number of terminal acetylenes is 2. The maximum atomic E-state index is 6.00. The Balaban J connectivity index is 0.000000271. The molecule has 0 spiro atoms. The number of hydrogen-bond acceptors (Lipinski definition) is 15. The summed E-state index contributed by atoms with van der Waals surface area (Å²) in [5.41, 5.74) is 50.0. The van der Waals surface area contributed by atoms with Gasteiger partial charge in [0, 0.05) is 48.0 Å². The normalized spacial score (nSPS) is 11.0. The Kier molecular flexibility index (Phi) is 22.9. The summed E-state index contributed by atoms with van der Waals surface area (Å²) in [6.45, 7) is 32.5. The summed E-state index contributed by atoms with van der Waals surface area (Å²) in [5, 5.41) is 0. The van der Waals surface area contributed by atoms with E-state index < -0.39 is 16.1 Å². The highest BCUT2D eigenvalue weighted by Gasteiger charge is 2.17. The molecule has 380 valence electrons. The Labute approximate surface area is 457 Å². The molecule has 0 bridgehead atoms. The average molecular weight is 1170 g/mol. The first-order valence-electron chi connectivity index (χ1n) is 23.2. The van der Waals surface area contributed by atoms with Crippen molar-refractivity contribution in [1.82, 2.24) is 29.9 Å². The van der Waals surface area contributed by atoms with Crippen molar-refractivity contribution in [2.75, 3.05) is 34.4 Å². The Morgan fingerprint density at radius 3 is 1.11 bits per heavy atom. The molecular weight excluding hydrogens is 1100 g/mol. The molecule has 3 aromatic heterocycles. The molecule has 0 saturated carbocycles. The second-order valence-electron chi connectivity index (χ2n) is 19.8. The maximum absolute atomic E-state index is 6.00. The first-order valence-corrected chi connectivity index (χ1v) is 33.7. The number of hydrogen-bond donors (Lipinski definition) is 6. The standard InChI is InChI=1S/C19H26N4SSi.C16H18N4S.C14H17IN4S.C5H10Si/c1-12(2)15-9-13(3)14(7-8-25(4,5)6)10-16(15)24-17-11-22-19(21)23-18(17)20;1-5-11-7-13(12(9(2)3)6-10(11)4)21-14-8-19-16(18)20-15(14)17;1-7(2)9-4-8(3)10(15)5-11(9)20-12-6-18-14(17)19-13(12)16;1-5-6(2,3)4/h9-12H,1-6H3,(H4,20,21,22,23);1,6-9H,2-4H3,(H4,17,18,19,20);4-7H,1-3H3,(H4,16,17,18,19);1H,2-4H3. The molecule has 0 aliphatic heterocycles. The SMILES string of the molecule is C#C[Si](C)(C)C.C#Cc1cc(Sc2cnc(N)nc2N)c(C(C)C)cc1C.Cc1cc(C(C)C)c(Sc2cnc(N)nc2N)cc1C#C[Si](C)(C)C.Cc1cc(C(C)C)c(Sc2cnc(N)nc2N)cc1I. The number of nitrogens with two attached hydrogens (primary N) is 6. The van der Waals surface area contributed by atoms with E-state index in [9.17, 15) is 0 Å². The molecular formula is C54H71IN12S3Si2. The van der Waals surface area contributed by atoms with E-state index in [2.05, 4.69) is 200 Å². The zero-order chi connectivity index (χ0) is 54.4. The van der Waals surface area contributed by atoms with E-state index in [1.165, 1.54) is 48.0 Å². The van der Waals surface area contributed by atoms with E-state index in [-0.39, 0.29) is 17.8 Å². The number of nitrogen functional groups attached to an aromatic ring is 6. The van der Waals surface area contributed by atoms with E-state index in [0.717, 1.165) is 41.2 Å². The summed E-state index contributed by atoms with van der Waals surface area (Å²) >= 11 is 7.03. The molecule has 18 heteroatoms. The third-order valence-electron chi connectivity index (χ3n) is 10.1. The largest absolute Gasteiger partial charge is 0.383 e. The van der Waals surface area contributed by atoms with Crippen LogP contribution in [0.25, 0.3) is 0 Å². The molecule has 12 nitrogen and oxygen atoms in total. The van der Waals surface area contributed by atoms with E-state index in [1.807, 2.05) is 13.0 Å². The van der Waals surface area contributed by atoms with Crippen LogP contribution in [-0.2, 0) is 0 Å².